The van der Waals surface area contributed by atoms with Crippen LogP contribution in [0.15, 0.2) is 30.3 Å². The van der Waals surface area contributed by atoms with E-state index in [1.54, 1.807) is 30.3 Å². The van der Waals surface area contributed by atoms with Crippen molar-refractivity contribution < 1.29 is 14.7 Å². The van der Waals surface area contributed by atoms with E-state index >= 15 is 0 Å². The Kier molecular flexibility index (Phi) is 4.45. The molecule has 17 heavy (non-hydrogen) atoms. The summed E-state index contributed by atoms with van der Waals surface area (Å²) in [5.41, 5.74) is 1.30. The molecule has 0 aliphatic rings. The summed E-state index contributed by atoms with van der Waals surface area (Å²) in [5.74, 6) is -1.57. The number of nitrogens with one attached hydrogen (secondary N) is 1. The van der Waals surface area contributed by atoms with Gasteiger partial charge in [0.15, 0.2) is 0 Å². The van der Waals surface area contributed by atoms with Gasteiger partial charge in [0.05, 0.1) is 11.6 Å². The molecule has 0 atom stereocenters. The van der Waals surface area contributed by atoms with Crippen LogP contribution in [0, 0.1) is 11.3 Å². The van der Waals surface area contributed by atoms with Gasteiger partial charge >= 0.3 is 5.97 Å². The van der Waals surface area contributed by atoms with E-state index in [-0.39, 0.29) is 0 Å². The van der Waals surface area contributed by atoms with E-state index in [2.05, 4.69) is 5.32 Å². The van der Waals surface area contributed by atoms with Crippen LogP contribution in [0.3, 0.4) is 0 Å². The summed E-state index contributed by atoms with van der Waals surface area (Å²) in [6, 6.07) is 8.64. The van der Waals surface area contributed by atoms with Gasteiger partial charge in [-0.2, -0.15) is 5.26 Å². The van der Waals surface area contributed by atoms with Crippen molar-refractivity contribution in [3.63, 3.8) is 0 Å². The van der Waals surface area contributed by atoms with Crippen LogP contribution in [0.2, 0.25) is 0 Å². The number of nitriles is 1. The van der Waals surface area contributed by atoms with Gasteiger partial charge in [0.25, 0.3) is 0 Å². The Morgan fingerprint density at radius 1 is 1.35 bits per heavy atom. The van der Waals surface area contributed by atoms with Gasteiger partial charge in [-0.15, -0.1) is 0 Å². The number of amides is 1. The van der Waals surface area contributed by atoms with E-state index in [1.807, 2.05) is 6.07 Å². The number of nitrogens with zero attached hydrogens (tertiary/aromatic N) is 1. The predicted molar refractivity (Wildman–Crippen MR) is 60.8 cm³/mol. The van der Waals surface area contributed by atoms with Crippen LogP contribution in [0.1, 0.15) is 11.1 Å². The second-order valence-electron chi connectivity index (χ2n) is 3.18. The maximum Gasteiger partial charge on any atom is 0.322 e. The summed E-state index contributed by atoms with van der Waals surface area (Å²) in [5, 5.41) is 19.1. The third-order valence-corrected chi connectivity index (χ3v) is 1.88. The smallest absolute Gasteiger partial charge is 0.322 e. The highest BCUT2D eigenvalue weighted by atomic mass is 16.4. The lowest BCUT2D eigenvalue weighted by Gasteiger charge is -1.96. The fraction of sp³-hybridized carbons (Fsp3) is 0.0833. The Labute approximate surface area is 98.0 Å². The van der Waals surface area contributed by atoms with Crippen LogP contribution < -0.4 is 5.32 Å². The molecule has 0 unspecified atom stereocenters. The zero-order chi connectivity index (χ0) is 12.7. The first-order chi connectivity index (χ1) is 8.11. The van der Waals surface area contributed by atoms with Gasteiger partial charge in [0.1, 0.15) is 6.54 Å². The third-order valence-electron chi connectivity index (χ3n) is 1.88. The van der Waals surface area contributed by atoms with Gasteiger partial charge in [-0.1, -0.05) is 12.1 Å². The lowest BCUT2D eigenvalue weighted by molar-refractivity contribution is -0.137. The van der Waals surface area contributed by atoms with E-state index in [1.165, 1.54) is 6.08 Å². The minimum atomic E-state index is -1.09. The van der Waals surface area contributed by atoms with Crippen molar-refractivity contribution in [1.82, 2.24) is 5.32 Å². The number of hydrogen-bond donors (Lipinski definition) is 2. The van der Waals surface area contributed by atoms with Gasteiger partial charge < -0.3 is 10.4 Å². The third kappa shape index (κ3) is 4.62. The van der Waals surface area contributed by atoms with Crippen molar-refractivity contribution in [3.05, 3.63) is 41.5 Å². The SMILES string of the molecule is N#Cc1ccc(/C=C/C(=O)NCC(=O)O)cc1. The fourth-order valence-corrected chi connectivity index (χ4v) is 1.06. The average Bonchev–Trinajstić information content (AvgIpc) is 2.34. The van der Waals surface area contributed by atoms with Crippen molar-refractivity contribution in [2.75, 3.05) is 6.54 Å². The second kappa shape index (κ2) is 6.08. The molecule has 1 aromatic carbocycles. The van der Waals surface area contributed by atoms with Gasteiger partial charge in [0, 0.05) is 6.08 Å². The van der Waals surface area contributed by atoms with Crippen LogP contribution in [0.4, 0.5) is 0 Å². The van der Waals surface area contributed by atoms with Crippen molar-refractivity contribution in [1.29, 1.82) is 5.26 Å². The molecule has 86 valence electrons. The molecular weight excluding hydrogens is 220 g/mol. The predicted octanol–water partition coefficient (Wildman–Crippen LogP) is 0.772. The molecule has 5 heteroatoms. The van der Waals surface area contributed by atoms with Gasteiger partial charge in [0.2, 0.25) is 5.91 Å². The molecule has 0 saturated carbocycles. The van der Waals surface area contributed by atoms with Gasteiger partial charge in [-0.3, -0.25) is 9.59 Å². The van der Waals surface area contributed by atoms with E-state index in [9.17, 15) is 9.59 Å². The Balaban J connectivity index is 2.55. The van der Waals surface area contributed by atoms with E-state index in [0.717, 1.165) is 5.56 Å². The molecule has 0 bridgehead atoms. The standard InChI is InChI=1S/C12H10N2O3/c13-7-10-3-1-9(2-4-10)5-6-11(15)14-8-12(16)17/h1-6H,8H2,(H,14,15)(H,16,17)/b6-5+. The number of carboxylic acid groups (broad SMARTS) is 1. The fourth-order valence-electron chi connectivity index (χ4n) is 1.06. The molecular formula is C12H10N2O3. The van der Waals surface area contributed by atoms with Crippen molar-refractivity contribution in [2.24, 2.45) is 0 Å². The molecule has 0 aliphatic carbocycles. The Bertz CT molecular complexity index is 483. The van der Waals surface area contributed by atoms with Gasteiger partial charge in [-0.25, -0.2) is 0 Å². The number of carbonyl (C=O) groups excluding carboxylic acids is 1. The number of benzene rings is 1. The molecule has 1 aromatic rings. The van der Waals surface area contributed by atoms with E-state index < -0.39 is 18.4 Å². The summed E-state index contributed by atoms with van der Waals surface area (Å²) in [6.07, 6.45) is 2.78. The minimum Gasteiger partial charge on any atom is -0.480 e. The lowest BCUT2D eigenvalue weighted by Crippen LogP contribution is -2.27. The van der Waals surface area contributed by atoms with Crippen LogP contribution >= 0.6 is 0 Å². The maximum atomic E-state index is 11.1. The number of carboxylic acids is 1. The summed E-state index contributed by atoms with van der Waals surface area (Å²) < 4.78 is 0. The molecule has 0 aliphatic heterocycles. The normalized spacial score (nSPS) is 9.82. The first-order valence-corrected chi connectivity index (χ1v) is 4.79. The topological polar surface area (TPSA) is 90.2 Å². The molecule has 0 saturated heterocycles. The first-order valence-electron chi connectivity index (χ1n) is 4.79. The number of rotatable bonds is 4. The molecule has 5 nitrogen and oxygen atoms in total. The lowest BCUT2D eigenvalue weighted by atomic mass is 10.1. The van der Waals surface area contributed by atoms with Gasteiger partial charge in [-0.05, 0) is 23.8 Å². The molecule has 0 fully saturated rings. The zero-order valence-corrected chi connectivity index (χ0v) is 8.88. The second-order valence-corrected chi connectivity index (χ2v) is 3.18. The minimum absolute atomic E-state index is 0.406. The molecule has 0 aromatic heterocycles. The summed E-state index contributed by atoms with van der Waals surface area (Å²) in [6.45, 7) is -0.406. The molecule has 2 N–H and O–H groups in total. The Morgan fingerprint density at radius 2 is 2.00 bits per heavy atom. The molecule has 0 spiro atoms. The number of aliphatic carboxylic acids is 1. The molecule has 0 radical (unpaired) electrons. The van der Waals surface area contributed by atoms with Crippen LogP contribution in [0.5, 0.6) is 0 Å². The maximum absolute atomic E-state index is 11.1. The highest BCUT2D eigenvalue weighted by Crippen LogP contribution is 2.04. The summed E-state index contributed by atoms with van der Waals surface area (Å²) in [7, 11) is 0. The zero-order valence-electron chi connectivity index (χ0n) is 8.88. The molecule has 0 heterocycles. The first kappa shape index (κ1) is 12.5. The quantitative estimate of drug-likeness (QED) is 0.747. The van der Waals surface area contributed by atoms with Crippen molar-refractivity contribution >= 4 is 18.0 Å². The Morgan fingerprint density at radius 3 is 2.53 bits per heavy atom. The highest BCUT2D eigenvalue weighted by molar-refractivity contribution is 5.93. The molecule has 1 rings (SSSR count). The summed E-state index contributed by atoms with van der Waals surface area (Å²) >= 11 is 0. The highest BCUT2D eigenvalue weighted by Gasteiger charge is 1.99. The Hall–Kier alpha value is -2.61. The van der Waals surface area contributed by atoms with Crippen LogP contribution in [-0.4, -0.2) is 23.5 Å². The number of carbonyl (C=O) groups is 2. The summed E-state index contributed by atoms with van der Waals surface area (Å²) in [4.78, 5) is 21.3. The van der Waals surface area contributed by atoms with Crippen LogP contribution in [-0.2, 0) is 9.59 Å². The van der Waals surface area contributed by atoms with E-state index in [0.29, 0.717) is 5.56 Å². The van der Waals surface area contributed by atoms with Crippen molar-refractivity contribution in [2.45, 2.75) is 0 Å². The van der Waals surface area contributed by atoms with Crippen LogP contribution in [0.25, 0.3) is 6.08 Å². The largest absolute Gasteiger partial charge is 0.480 e. The van der Waals surface area contributed by atoms with Crippen molar-refractivity contribution in [3.8, 4) is 6.07 Å². The van der Waals surface area contributed by atoms with E-state index in [4.69, 9.17) is 10.4 Å². The monoisotopic (exact) mass is 230 g/mol. The average molecular weight is 230 g/mol. The molecule has 1 amide bonds. The number of hydrogen-bond acceptors (Lipinski definition) is 3.